The Morgan fingerprint density at radius 3 is 3.00 bits per heavy atom. The van der Waals surface area contributed by atoms with Crippen LogP contribution in [0.3, 0.4) is 0 Å². The summed E-state index contributed by atoms with van der Waals surface area (Å²) in [6.07, 6.45) is 4.37. The quantitative estimate of drug-likeness (QED) is 0.663. The van der Waals surface area contributed by atoms with Crippen LogP contribution in [-0.4, -0.2) is 18.2 Å². The Kier molecular flexibility index (Phi) is 4.60. The van der Waals surface area contributed by atoms with Crippen LogP contribution in [-0.2, 0) is 11.2 Å². The van der Waals surface area contributed by atoms with Gasteiger partial charge in [0.2, 0.25) is 0 Å². The van der Waals surface area contributed by atoms with Gasteiger partial charge in [-0.25, -0.2) is 0 Å². The fraction of sp³-hybridized carbons (Fsp3) is 0.667. The van der Waals surface area contributed by atoms with Gasteiger partial charge < -0.3 is 4.74 Å². The molecule has 0 saturated carbocycles. The Bertz CT molecular complexity index is 363. The Morgan fingerprint density at radius 1 is 1.65 bits per heavy atom. The van der Waals surface area contributed by atoms with E-state index in [1.54, 1.807) is 11.3 Å². The number of halogens is 1. The highest BCUT2D eigenvalue weighted by atomic mass is 79.9. The summed E-state index contributed by atoms with van der Waals surface area (Å²) in [7, 11) is 0. The number of nitrogens with one attached hydrogen (secondary N) is 1. The van der Waals surface area contributed by atoms with Crippen molar-refractivity contribution in [3.63, 3.8) is 0 Å². The van der Waals surface area contributed by atoms with Gasteiger partial charge in [-0.2, -0.15) is 0 Å². The molecule has 0 radical (unpaired) electrons. The standard InChI is InChI=1S/C12H19BrN2OS/c1-12(5-2-3-6-16-12)11(15-14)8-10-9(13)4-7-17-10/h4,7,11,15H,2-3,5-6,8,14H2,1H3. The summed E-state index contributed by atoms with van der Waals surface area (Å²) < 4.78 is 7.12. The molecule has 0 spiro atoms. The van der Waals surface area contributed by atoms with Crippen LogP contribution < -0.4 is 11.3 Å². The normalized spacial score (nSPS) is 27.0. The van der Waals surface area contributed by atoms with Crippen LogP contribution in [0.25, 0.3) is 0 Å². The highest BCUT2D eigenvalue weighted by Crippen LogP contribution is 2.32. The smallest absolute Gasteiger partial charge is 0.0823 e. The molecule has 2 rings (SSSR count). The molecule has 5 heteroatoms. The molecule has 0 aromatic carbocycles. The molecule has 1 aromatic heterocycles. The summed E-state index contributed by atoms with van der Waals surface area (Å²) in [5.41, 5.74) is 2.80. The van der Waals surface area contributed by atoms with Crippen molar-refractivity contribution in [3.8, 4) is 0 Å². The van der Waals surface area contributed by atoms with Gasteiger partial charge in [-0.3, -0.25) is 11.3 Å². The van der Waals surface area contributed by atoms with Crippen molar-refractivity contribution in [2.45, 2.75) is 44.2 Å². The molecule has 2 unspecified atom stereocenters. The average Bonchev–Trinajstić information content (AvgIpc) is 2.72. The SMILES string of the molecule is CC1(C(Cc2sccc2Br)NN)CCCCO1. The molecule has 1 aromatic rings. The fourth-order valence-electron chi connectivity index (χ4n) is 2.34. The Morgan fingerprint density at radius 2 is 2.47 bits per heavy atom. The van der Waals surface area contributed by atoms with Crippen LogP contribution in [0.4, 0.5) is 0 Å². The first kappa shape index (κ1) is 13.5. The van der Waals surface area contributed by atoms with Crippen LogP contribution >= 0.6 is 27.3 Å². The Balaban J connectivity index is 2.08. The van der Waals surface area contributed by atoms with Gasteiger partial charge in [0.15, 0.2) is 0 Å². The molecule has 3 N–H and O–H groups in total. The molecule has 3 nitrogen and oxygen atoms in total. The molecule has 2 heterocycles. The van der Waals surface area contributed by atoms with Crippen LogP contribution in [0.1, 0.15) is 31.1 Å². The molecule has 1 fully saturated rings. The summed E-state index contributed by atoms with van der Waals surface area (Å²) in [6, 6.07) is 2.25. The van der Waals surface area contributed by atoms with Crippen molar-refractivity contribution in [1.82, 2.24) is 5.43 Å². The van der Waals surface area contributed by atoms with Gasteiger partial charge in [0.25, 0.3) is 0 Å². The number of hydrazine groups is 1. The van der Waals surface area contributed by atoms with Gasteiger partial charge in [0.1, 0.15) is 0 Å². The zero-order valence-corrected chi connectivity index (χ0v) is 12.4. The third kappa shape index (κ3) is 3.09. The molecule has 1 saturated heterocycles. The summed E-state index contributed by atoms with van der Waals surface area (Å²) in [5.74, 6) is 5.71. The third-order valence-electron chi connectivity index (χ3n) is 3.52. The molecule has 1 aliphatic rings. The maximum absolute atomic E-state index is 5.95. The Labute approximate surface area is 115 Å². The number of ether oxygens (including phenoxy) is 1. The lowest BCUT2D eigenvalue weighted by Crippen LogP contribution is -2.55. The number of thiophene rings is 1. The first-order valence-electron chi connectivity index (χ1n) is 5.97. The Hall–Kier alpha value is 0.0600. The second-order valence-corrected chi connectivity index (χ2v) is 6.59. The van der Waals surface area contributed by atoms with E-state index in [1.165, 1.54) is 15.8 Å². The number of rotatable bonds is 4. The first-order chi connectivity index (χ1) is 8.15. The second kappa shape index (κ2) is 5.80. The molecule has 0 amide bonds. The fourth-order valence-corrected chi connectivity index (χ4v) is 3.90. The van der Waals surface area contributed by atoms with Crippen LogP contribution in [0.5, 0.6) is 0 Å². The van der Waals surface area contributed by atoms with Gasteiger partial charge in [-0.15, -0.1) is 11.3 Å². The van der Waals surface area contributed by atoms with E-state index >= 15 is 0 Å². The number of nitrogens with two attached hydrogens (primary N) is 1. The minimum atomic E-state index is -0.142. The lowest BCUT2D eigenvalue weighted by Gasteiger charge is -2.40. The van der Waals surface area contributed by atoms with Crippen molar-refractivity contribution in [2.75, 3.05) is 6.61 Å². The molecule has 1 aliphatic heterocycles. The van der Waals surface area contributed by atoms with Crippen LogP contribution in [0.2, 0.25) is 0 Å². The molecule has 0 aliphatic carbocycles. The zero-order chi connectivity index (χ0) is 12.3. The van der Waals surface area contributed by atoms with E-state index in [9.17, 15) is 0 Å². The van der Waals surface area contributed by atoms with Crippen molar-refractivity contribution in [1.29, 1.82) is 0 Å². The van der Waals surface area contributed by atoms with E-state index in [4.69, 9.17) is 10.6 Å². The van der Waals surface area contributed by atoms with E-state index in [0.717, 1.165) is 25.9 Å². The van der Waals surface area contributed by atoms with Gasteiger partial charge in [-0.1, -0.05) is 0 Å². The molecule has 0 bridgehead atoms. The monoisotopic (exact) mass is 318 g/mol. The minimum Gasteiger partial charge on any atom is -0.374 e. The lowest BCUT2D eigenvalue weighted by molar-refractivity contribution is -0.0883. The average molecular weight is 319 g/mol. The highest BCUT2D eigenvalue weighted by molar-refractivity contribution is 9.10. The largest absolute Gasteiger partial charge is 0.374 e. The van der Waals surface area contributed by atoms with Gasteiger partial charge in [0, 0.05) is 22.4 Å². The lowest BCUT2D eigenvalue weighted by atomic mass is 9.86. The van der Waals surface area contributed by atoms with Crippen molar-refractivity contribution >= 4 is 27.3 Å². The van der Waals surface area contributed by atoms with E-state index in [-0.39, 0.29) is 11.6 Å². The number of hydrogen-bond donors (Lipinski definition) is 2. The summed E-state index contributed by atoms with van der Waals surface area (Å²) in [5, 5.41) is 2.09. The summed E-state index contributed by atoms with van der Waals surface area (Å²) in [4.78, 5) is 1.32. The van der Waals surface area contributed by atoms with Gasteiger partial charge in [-0.05, 0) is 53.6 Å². The predicted octanol–water partition coefficient (Wildman–Crippen LogP) is 2.84. The summed E-state index contributed by atoms with van der Waals surface area (Å²) in [6.45, 7) is 3.01. The topological polar surface area (TPSA) is 47.3 Å². The molecular formula is C12H19BrN2OS. The maximum atomic E-state index is 5.95. The molecule has 17 heavy (non-hydrogen) atoms. The first-order valence-corrected chi connectivity index (χ1v) is 7.65. The highest BCUT2D eigenvalue weighted by Gasteiger charge is 2.36. The van der Waals surface area contributed by atoms with E-state index in [2.05, 4.69) is 39.7 Å². The predicted molar refractivity (Wildman–Crippen MR) is 75.0 cm³/mol. The maximum Gasteiger partial charge on any atom is 0.0823 e. The number of hydrogen-bond acceptors (Lipinski definition) is 4. The zero-order valence-electron chi connectivity index (χ0n) is 10.0. The minimum absolute atomic E-state index is 0.142. The van der Waals surface area contributed by atoms with E-state index in [1.807, 2.05) is 0 Å². The molecule has 96 valence electrons. The third-order valence-corrected chi connectivity index (χ3v) is 5.47. The van der Waals surface area contributed by atoms with Crippen LogP contribution in [0.15, 0.2) is 15.9 Å². The van der Waals surface area contributed by atoms with Crippen molar-refractivity contribution < 1.29 is 4.74 Å². The van der Waals surface area contributed by atoms with Gasteiger partial charge >= 0.3 is 0 Å². The van der Waals surface area contributed by atoms with Crippen molar-refractivity contribution in [2.24, 2.45) is 5.84 Å². The van der Waals surface area contributed by atoms with Crippen LogP contribution in [0, 0.1) is 0 Å². The van der Waals surface area contributed by atoms with E-state index in [0.29, 0.717) is 0 Å². The van der Waals surface area contributed by atoms with E-state index < -0.39 is 0 Å². The molecular weight excluding hydrogens is 300 g/mol. The van der Waals surface area contributed by atoms with Crippen molar-refractivity contribution in [3.05, 3.63) is 20.8 Å². The van der Waals surface area contributed by atoms with Gasteiger partial charge in [0.05, 0.1) is 11.6 Å². The summed E-state index contributed by atoms with van der Waals surface area (Å²) >= 11 is 5.32. The molecule has 2 atom stereocenters. The second-order valence-electron chi connectivity index (χ2n) is 4.73.